The first-order chi connectivity index (χ1) is 12.4. The molecule has 1 saturated heterocycles. The lowest BCUT2D eigenvalue weighted by atomic mass is 9.49. The van der Waals surface area contributed by atoms with Crippen molar-refractivity contribution in [2.45, 2.75) is 45.0 Å². The number of hydrogen-bond donors (Lipinski definition) is 1. The van der Waals surface area contributed by atoms with Crippen molar-refractivity contribution >= 4 is 11.8 Å². The fourth-order valence-corrected chi connectivity index (χ4v) is 6.22. The van der Waals surface area contributed by atoms with Crippen molar-refractivity contribution in [2.24, 2.45) is 23.2 Å². The van der Waals surface area contributed by atoms with Crippen molar-refractivity contribution in [3.8, 4) is 0 Å². The van der Waals surface area contributed by atoms with Crippen molar-refractivity contribution in [1.82, 2.24) is 15.1 Å². The third-order valence-corrected chi connectivity index (χ3v) is 7.04. The Labute approximate surface area is 153 Å². The van der Waals surface area contributed by atoms with E-state index in [1.54, 1.807) is 9.80 Å². The van der Waals surface area contributed by atoms with E-state index in [0.717, 1.165) is 19.3 Å². The molecule has 1 N–H and O–H groups in total. The Hall–Kier alpha value is -1.24. The second-order valence-corrected chi connectivity index (χ2v) is 8.95. The fraction of sp³-hybridized carbons (Fsp3) is 0.895. The first kappa shape index (κ1) is 18.1. The molecule has 5 nitrogen and oxygen atoms in total. The minimum Gasteiger partial charge on any atom is -0.347 e. The van der Waals surface area contributed by atoms with E-state index in [2.05, 4.69) is 5.32 Å². The highest BCUT2D eigenvalue weighted by molar-refractivity contribution is 5.88. The molecule has 5 aliphatic rings. The number of alkyl halides is 2. The molecule has 1 aliphatic heterocycles. The summed E-state index contributed by atoms with van der Waals surface area (Å²) < 4.78 is 24.8. The van der Waals surface area contributed by atoms with Gasteiger partial charge in [-0.3, -0.25) is 14.5 Å². The molecular formula is C19H29F2N3O2. The van der Waals surface area contributed by atoms with Crippen LogP contribution >= 0.6 is 0 Å². The van der Waals surface area contributed by atoms with Gasteiger partial charge in [0.2, 0.25) is 11.8 Å². The molecule has 0 radical (unpaired) electrons. The van der Waals surface area contributed by atoms with E-state index < -0.39 is 6.43 Å². The van der Waals surface area contributed by atoms with Crippen molar-refractivity contribution in [1.29, 1.82) is 0 Å². The molecule has 26 heavy (non-hydrogen) atoms. The van der Waals surface area contributed by atoms with Crippen LogP contribution in [0.2, 0.25) is 0 Å². The first-order valence-corrected chi connectivity index (χ1v) is 10.00. The molecule has 2 amide bonds. The number of piperazine rings is 1. The maximum atomic E-state index is 12.9. The molecule has 0 aromatic carbocycles. The van der Waals surface area contributed by atoms with Crippen LogP contribution in [0.1, 0.15) is 38.5 Å². The molecule has 5 fully saturated rings. The summed E-state index contributed by atoms with van der Waals surface area (Å²) in [5.74, 6) is 2.07. The van der Waals surface area contributed by atoms with E-state index in [0.29, 0.717) is 43.9 Å². The summed E-state index contributed by atoms with van der Waals surface area (Å²) >= 11 is 0. The van der Waals surface area contributed by atoms with Gasteiger partial charge in [0.25, 0.3) is 6.43 Å². The zero-order valence-corrected chi connectivity index (χ0v) is 15.3. The molecule has 1 heterocycles. The van der Waals surface area contributed by atoms with E-state index in [1.807, 2.05) is 0 Å². The van der Waals surface area contributed by atoms with Gasteiger partial charge in [0.1, 0.15) is 0 Å². The van der Waals surface area contributed by atoms with Gasteiger partial charge in [-0.25, -0.2) is 8.78 Å². The lowest BCUT2D eigenvalue weighted by Crippen LogP contribution is -2.56. The summed E-state index contributed by atoms with van der Waals surface area (Å²) in [6.45, 7) is 1.66. The predicted octanol–water partition coefficient (Wildman–Crippen LogP) is 1.73. The average Bonchev–Trinajstić information content (AvgIpc) is 2.58. The van der Waals surface area contributed by atoms with Crippen molar-refractivity contribution in [3.05, 3.63) is 0 Å². The van der Waals surface area contributed by atoms with Crippen LogP contribution in [0, 0.1) is 23.2 Å². The van der Waals surface area contributed by atoms with Crippen LogP contribution < -0.4 is 5.32 Å². The van der Waals surface area contributed by atoms with Gasteiger partial charge < -0.3 is 10.2 Å². The number of nitrogens with one attached hydrogen (secondary N) is 1. The quantitative estimate of drug-likeness (QED) is 0.803. The normalized spacial score (nSPS) is 36.6. The average molecular weight is 369 g/mol. The summed E-state index contributed by atoms with van der Waals surface area (Å²) in [6, 6.07) is 0. The molecule has 7 heteroatoms. The highest BCUT2D eigenvalue weighted by atomic mass is 19.3. The van der Waals surface area contributed by atoms with E-state index in [-0.39, 0.29) is 30.3 Å². The topological polar surface area (TPSA) is 52.7 Å². The minimum absolute atomic E-state index is 0.0371. The molecule has 0 aromatic heterocycles. The second kappa shape index (κ2) is 7.06. The Bertz CT molecular complexity index is 526. The number of rotatable bonds is 5. The molecule has 5 rings (SSSR count). The van der Waals surface area contributed by atoms with Crippen LogP contribution in [0.25, 0.3) is 0 Å². The van der Waals surface area contributed by atoms with Gasteiger partial charge in [-0.2, -0.15) is 0 Å². The number of amides is 2. The number of halogens is 2. The third-order valence-electron chi connectivity index (χ3n) is 7.04. The monoisotopic (exact) mass is 369 g/mol. The highest BCUT2D eigenvalue weighted by Crippen LogP contribution is 2.60. The Kier molecular flexibility index (Phi) is 4.92. The molecular weight excluding hydrogens is 340 g/mol. The largest absolute Gasteiger partial charge is 0.347 e. The molecule has 0 spiro atoms. The summed E-state index contributed by atoms with van der Waals surface area (Å²) in [4.78, 5) is 28.7. The van der Waals surface area contributed by atoms with Gasteiger partial charge >= 0.3 is 0 Å². The first-order valence-electron chi connectivity index (χ1n) is 10.00. The van der Waals surface area contributed by atoms with Gasteiger partial charge in [-0.1, -0.05) is 0 Å². The minimum atomic E-state index is -2.34. The van der Waals surface area contributed by atoms with Gasteiger partial charge in [0.05, 0.1) is 13.1 Å². The Morgan fingerprint density at radius 2 is 1.50 bits per heavy atom. The lowest BCUT2D eigenvalue weighted by molar-refractivity contribution is -0.148. The van der Waals surface area contributed by atoms with Crippen molar-refractivity contribution in [3.63, 3.8) is 0 Å². The maximum Gasteiger partial charge on any atom is 0.251 e. The number of carbonyl (C=O) groups excluding carboxylic acids is 2. The van der Waals surface area contributed by atoms with E-state index in [1.165, 1.54) is 19.3 Å². The van der Waals surface area contributed by atoms with Gasteiger partial charge in [-0.15, -0.1) is 0 Å². The predicted molar refractivity (Wildman–Crippen MR) is 92.6 cm³/mol. The van der Waals surface area contributed by atoms with E-state index in [9.17, 15) is 18.4 Å². The molecule has 0 atom stereocenters. The smallest absolute Gasteiger partial charge is 0.251 e. The van der Waals surface area contributed by atoms with Crippen LogP contribution in [0.4, 0.5) is 8.78 Å². The molecule has 146 valence electrons. The molecule has 4 aliphatic carbocycles. The highest BCUT2D eigenvalue weighted by Gasteiger charge is 2.54. The Morgan fingerprint density at radius 3 is 2.00 bits per heavy atom. The summed E-state index contributed by atoms with van der Waals surface area (Å²) in [7, 11) is 0. The lowest BCUT2D eigenvalue weighted by Gasteiger charge is -2.55. The van der Waals surface area contributed by atoms with Gasteiger partial charge in [0.15, 0.2) is 0 Å². The second-order valence-electron chi connectivity index (χ2n) is 8.95. The SMILES string of the molecule is O=C(CNC(=O)C12CC3CC(CC(C3)C1)C2)N1CCN(CC(F)F)CC1. The Balaban J connectivity index is 1.25. The van der Waals surface area contributed by atoms with E-state index in [4.69, 9.17) is 0 Å². The number of hydrogen-bond acceptors (Lipinski definition) is 3. The van der Waals surface area contributed by atoms with Crippen molar-refractivity contribution < 1.29 is 18.4 Å². The fourth-order valence-electron chi connectivity index (χ4n) is 6.22. The molecule has 0 aromatic rings. The van der Waals surface area contributed by atoms with Gasteiger partial charge in [0, 0.05) is 31.6 Å². The van der Waals surface area contributed by atoms with Crippen LogP contribution in [-0.2, 0) is 9.59 Å². The molecule has 4 bridgehead atoms. The maximum absolute atomic E-state index is 12.9. The van der Waals surface area contributed by atoms with Crippen LogP contribution in [0.3, 0.4) is 0 Å². The number of carbonyl (C=O) groups is 2. The summed E-state index contributed by atoms with van der Waals surface area (Å²) in [5.41, 5.74) is -0.231. The van der Waals surface area contributed by atoms with E-state index >= 15 is 0 Å². The summed E-state index contributed by atoms with van der Waals surface area (Å²) in [6.07, 6.45) is 4.50. The third kappa shape index (κ3) is 3.59. The zero-order chi connectivity index (χ0) is 18.3. The van der Waals surface area contributed by atoms with Crippen LogP contribution in [0.5, 0.6) is 0 Å². The summed E-state index contributed by atoms with van der Waals surface area (Å²) in [5, 5.41) is 2.92. The Morgan fingerprint density at radius 1 is 0.962 bits per heavy atom. The number of nitrogens with zero attached hydrogens (tertiary/aromatic N) is 2. The van der Waals surface area contributed by atoms with Gasteiger partial charge in [-0.05, 0) is 56.3 Å². The van der Waals surface area contributed by atoms with Crippen LogP contribution in [0.15, 0.2) is 0 Å². The molecule has 4 saturated carbocycles. The zero-order valence-electron chi connectivity index (χ0n) is 15.3. The standard InChI is InChI=1S/C19H29F2N3O2/c20-16(21)12-23-1-3-24(4-2-23)17(25)11-22-18(26)19-8-13-5-14(9-19)7-15(6-13)10-19/h13-16H,1-12H2,(H,22,26). The van der Waals surface area contributed by atoms with Crippen LogP contribution in [-0.4, -0.2) is 67.3 Å². The molecule has 0 unspecified atom stereocenters. The van der Waals surface area contributed by atoms with Crippen molar-refractivity contribution in [2.75, 3.05) is 39.3 Å².